The van der Waals surface area contributed by atoms with Gasteiger partial charge in [0, 0.05) is 43.9 Å². The Morgan fingerprint density at radius 3 is 2.09 bits per heavy atom. The van der Waals surface area contributed by atoms with Crippen LogP contribution in [0, 0.1) is 0 Å². The van der Waals surface area contributed by atoms with Gasteiger partial charge in [0.2, 0.25) is 11.7 Å². The number of hydrogen-bond donors (Lipinski definition) is 1. The summed E-state index contributed by atoms with van der Waals surface area (Å²) in [5.41, 5.74) is 6.61. The number of nitrogens with two attached hydrogens (primary N) is 1. The summed E-state index contributed by atoms with van der Waals surface area (Å²) in [6.45, 7) is 3.30. The number of piperazine rings is 1. The van der Waals surface area contributed by atoms with Crippen LogP contribution in [-0.4, -0.2) is 75.7 Å². The number of ether oxygens (including phenoxy) is 4. The second-order valence-electron chi connectivity index (χ2n) is 7.33. The topological polar surface area (TPSA) is 104 Å². The predicted molar refractivity (Wildman–Crippen MR) is 118 cm³/mol. The average molecular weight is 444 g/mol. The van der Waals surface area contributed by atoms with Crippen LogP contribution in [-0.2, 0) is 11.3 Å². The lowest BCUT2D eigenvalue weighted by Crippen LogP contribution is -2.49. The van der Waals surface area contributed by atoms with Crippen molar-refractivity contribution >= 4 is 11.8 Å². The van der Waals surface area contributed by atoms with Gasteiger partial charge in [0.15, 0.2) is 18.1 Å². The number of rotatable bonds is 9. The van der Waals surface area contributed by atoms with Gasteiger partial charge in [0.25, 0.3) is 5.91 Å². The molecule has 9 heteroatoms. The fourth-order valence-electron chi connectivity index (χ4n) is 3.64. The van der Waals surface area contributed by atoms with Crippen molar-refractivity contribution in [2.75, 3.05) is 54.1 Å². The van der Waals surface area contributed by atoms with Crippen LogP contribution >= 0.6 is 0 Å². The number of primary amides is 1. The zero-order valence-corrected chi connectivity index (χ0v) is 18.6. The highest BCUT2D eigenvalue weighted by Crippen LogP contribution is 2.40. The van der Waals surface area contributed by atoms with Crippen molar-refractivity contribution in [3.63, 3.8) is 0 Å². The van der Waals surface area contributed by atoms with Crippen LogP contribution in [0.3, 0.4) is 0 Å². The Labute approximate surface area is 187 Å². The molecule has 172 valence electrons. The molecule has 1 fully saturated rings. The van der Waals surface area contributed by atoms with Gasteiger partial charge < -0.3 is 29.6 Å². The van der Waals surface area contributed by atoms with Gasteiger partial charge in [-0.1, -0.05) is 6.07 Å². The van der Waals surface area contributed by atoms with E-state index in [2.05, 4.69) is 4.90 Å². The first-order chi connectivity index (χ1) is 15.5. The molecule has 3 rings (SSSR count). The number of methoxy groups -OCH3 is 3. The van der Waals surface area contributed by atoms with E-state index in [1.807, 2.05) is 12.1 Å². The molecule has 0 bridgehead atoms. The lowest BCUT2D eigenvalue weighted by Gasteiger charge is -2.35. The summed E-state index contributed by atoms with van der Waals surface area (Å²) in [5.74, 6) is 1.78. The quantitative estimate of drug-likeness (QED) is 0.627. The van der Waals surface area contributed by atoms with Gasteiger partial charge in [0.05, 0.1) is 21.3 Å². The number of carbonyl (C=O) groups excluding carboxylic acids is 2. The Bertz CT molecular complexity index is 939. The van der Waals surface area contributed by atoms with Crippen LogP contribution in [0.5, 0.6) is 23.0 Å². The minimum Gasteiger partial charge on any atom is -0.493 e. The molecule has 9 nitrogen and oxygen atoms in total. The molecule has 0 radical (unpaired) electrons. The Morgan fingerprint density at radius 2 is 1.53 bits per heavy atom. The fourth-order valence-corrected chi connectivity index (χ4v) is 3.64. The second-order valence-corrected chi connectivity index (χ2v) is 7.33. The highest BCUT2D eigenvalue weighted by atomic mass is 16.5. The predicted octanol–water partition coefficient (Wildman–Crippen LogP) is 1.53. The molecule has 2 amide bonds. The molecule has 1 aliphatic rings. The molecule has 0 spiro atoms. The van der Waals surface area contributed by atoms with Crippen molar-refractivity contribution in [1.29, 1.82) is 0 Å². The number of benzene rings is 2. The first-order valence-corrected chi connectivity index (χ1v) is 10.3. The van der Waals surface area contributed by atoms with Crippen molar-refractivity contribution in [2.45, 2.75) is 6.54 Å². The standard InChI is InChI=1S/C23H29N3O6/c1-29-19-9-6-17(21(30-2)22(19)31-3)14-25-10-12-26(13-11-25)20(27)15-32-18-7-4-16(5-8-18)23(24)28/h4-9H,10-15H2,1-3H3,(H2,24,28). The van der Waals surface area contributed by atoms with Gasteiger partial charge in [-0.05, 0) is 30.3 Å². The number of carbonyl (C=O) groups is 2. The summed E-state index contributed by atoms with van der Waals surface area (Å²) in [4.78, 5) is 27.7. The van der Waals surface area contributed by atoms with E-state index in [9.17, 15) is 9.59 Å². The van der Waals surface area contributed by atoms with E-state index >= 15 is 0 Å². The van der Waals surface area contributed by atoms with Crippen LogP contribution in [0.1, 0.15) is 15.9 Å². The van der Waals surface area contributed by atoms with Crippen molar-refractivity contribution < 1.29 is 28.5 Å². The minimum atomic E-state index is -0.504. The normalized spacial score (nSPS) is 14.0. The highest BCUT2D eigenvalue weighted by Gasteiger charge is 2.23. The summed E-state index contributed by atoms with van der Waals surface area (Å²) >= 11 is 0. The molecule has 2 N–H and O–H groups in total. The van der Waals surface area contributed by atoms with Crippen molar-refractivity contribution in [3.8, 4) is 23.0 Å². The number of amides is 2. The summed E-state index contributed by atoms with van der Waals surface area (Å²) in [6.07, 6.45) is 0. The maximum Gasteiger partial charge on any atom is 0.260 e. The molecular formula is C23H29N3O6. The van der Waals surface area contributed by atoms with E-state index in [0.717, 1.165) is 18.7 Å². The van der Waals surface area contributed by atoms with E-state index in [1.54, 1.807) is 50.5 Å². The van der Waals surface area contributed by atoms with E-state index in [0.29, 0.717) is 48.2 Å². The molecule has 0 saturated carbocycles. The zero-order chi connectivity index (χ0) is 23.1. The van der Waals surface area contributed by atoms with Gasteiger partial charge in [-0.2, -0.15) is 0 Å². The third-order valence-corrected chi connectivity index (χ3v) is 5.41. The molecule has 1 saturated heterocycles. The van der Waals surface area contributed by atoms with Gasteiger partial charge in [-0.25, -0.2) is 0 Å². The molecule has 2 aromatic carbocycles. The van der Waals surface area contributed by atoms with Gasteiger partial charge in [0.1, 0.15) is 5.75 Å². The van der Waals surface area contributed by atoms with E-state index in [-0.39, 0.29) is 12.5 Å². The van der Waals surface area contributed by atoms with Gasteiger partial charge in [-0.3, -0.25) is 14.5 Å². The molecule has 2 aromatic rings. The van der Waals surface area contributed by atoms with Crippen LogP contribution in [0.15, 0.2) is 36.4 Å². The Morgan fingerprint density at radius 1 is 0.875 bits per heavy atom. The first kappa shape index (κ1) is 23.2. The molecular weight excluding hydrogens is 414 g/mol. The summed E-state index contributed by atoms with van der Waals surface area (Å²) in [5, 5.41) is 0. The van der Waals surface area contributed by atoms with Crippen LogP contribution in [0.25, 0.3) is 0 Å². The molecule has 1 aliphatic heterocycles. The zero-order valence-electron chi connectivity index (χ0n) is 18.6. The van der Waals surface area contributed by atoms with Crippen LogP contribution in [0.2, 0.25) is 0 Å². The number of hydrogen-bond acceptors (Lipinski definition) is 7. The molecule has 0 aliphatic carbocycles. The Hall–Kier alpha value is -3.46. The van der Waals surface area contributed by atoms with Gasteiger partial charge >= 0.3 is 0 Å². The highest BCUT2D eigenvalue weighted by molar-refractivity contribution is 5.92. The SMILES string of the molecule is COc1ccc(CN2CCN(C(=O)COc3ccc(C(N)=O)cc3)CC2)c(OC)c1OC. The van der Waals surface area contributed by atoms with Crippen LogP contribution < -0.4 is 24.7 Å². The average Bonchev–Trinajstić information content (AvgIpc) is 2.82. The first-order valence-electron chi connectivity index (χ1n) is 10.3. The van der Waals surface area contributed by atoms with Gasteiger partial charge in [-0.15, -0.1) is 0 Å². The van der Waals surface area contributed by atoms with E-state index < -0.39 is 5.91 Å². The van der Waals surface area contributed by atoms with Crippen molar-refractivity contribution in [2.24, 2.45) is 5.73 Å². The smallest absolute Gasteiger partial charge is 0.260 e. The molecule has 32 heavy (non-hydrogen) atoms. The van der Waals surface area contributed by atoms with Crippen LogP contribution in [0.4, 0.5) is 0 Å². The fraction of sp³-hybridized carbons (Fsp3) is 0.391. The largest absolute Gasteiger partial charge is 0.493 e. The maximum absolute atomic E-state index is 12.5. The Balaban J connectivity index is 1.51. The van der Waals surface area contributed by atoms with Crippen molar-refractivity contribution in [1.82, 2.24) is 9.80 Å². The molecule has 0 aromatic heterocycles. The monoisotopic (exact) mass is 443 g/mol. The van der Waals surface area contributed by atoms with E-state index in [4.69, 9.17) is 24.7 Å². The summed E-state index contributed by atoms with van der Waals surface area (Å²) in [7, 11) is 4.79. The molecule has 0 atom stereocenters. The van der Waals surface area contributed by atoms with Crippen molar-refractivity contribution in [3.05, 3.63) is 47.5 Å². The lowest BCUT2D eigenvalue weighted by atomic mass is 10.1. The van der Waals surface area contributed by atoms with E-state index in [1.165, 1.54) is 0 Å². The number of nitrogens with zero attached hydrogens (tertiary/aromatic N) is 2. The molecule has 0 unspecified atom stereocenters. The maximum atomic E-state index is 12.5. The minimum absolute atomic E-state index is 0.0561. The summed E-state index contributed by atoms with van der Waals surface area (Å²) in [6, 6.07) is 10.2. The second kappa shape index (κ2) is 10.7. The Kier molecular flexibility index (Phi) is 7.77. The summed E-state index contributed by atoms with van der Waals surface area (Å²) < 4.78 is 21.9. The molecule has 1 heterocycles. The third-order valence-electron chi connectivity index (χ3n) is 5.41. The lowest BCUT2D eigenvalue weighted by molar-refractivity contribution is -0.135. The third kappa shape index (κ3) is 5.42.